The van der Waals surface area contributed by atoms with Crippen molar-refractivity contribution < 1.29 is 14.0 Å². The van der Waals surface area contributed by atoms with Crippen molar-refractivity contribution in [1.29, 1.82) is 0 Å². The van der Waals surface area contributed by atoms with E-state index in [2.05, 4.69) is 5.32 Å². The number of thiophene rings is 1. The van der Waals surface area contributed by atoms with Crippen LogP contribution in [0.4, 0.5) is 10.1 Å². The molecule has 0 aliphatic carbocycles. The van der Waals surface area contributed by atoms with Crippen molar-refractivity contribution in [2.75, 3.05) is 18.4 Å². The highest BCUT2D eigenvalue weighted by Gasteiger charge is 2.23. The van der Waals surface area contributed by atoms with Gasteiger partial charge in [-0.05, 0) is 49.6 Å². The van der Waals surface area contributed by atoms with Gasteiger partial charge in [0, 0.05) is 23.2 Å². The van der Waals surface area contributed by atoms with Gasteiger partial charge in [-0.2, -0.15) is 0 Å². The van der Waals surface area contributed by atoms with Crippen LogP contribution in [0.25, 0.3) is 10.1 Å². The number of rotatable bonds is 3. The summed E-state index contributed by atoms with van der Waals surface area (Å²) >= 11 is 7.48. The third-order valence-corrected chi connectivity index (χ3v) is 6.50. The summed E-state index contributed by atoms with van der Waals surface area (Å²) in [5.41, 5.74) is 0.906. The highest BCUT2D eigenvalue weighted by atomic mass is 35.5. The van der Waals surface area contributed by atoms with E-state index in [1.54, 1.807) is 30.3 Å². The first kappa shape index (κ1) is 18.9. The Kier molecular flexibility index (Phi) is 5.33. The van der Waals surface area contributed by atoms with Crippen molar-refractivity contribution in [1.82, 2.24) is 4.90 Å². The largest absolute Gasteiger partial charge is 0.339 e. The molecule has 28 heavy (non-hydrogen) atoms. The van der Waals surface area contributed by atoms with Crippen molar-refractivity contribution in [2.24, 2.45) is 0 Å². The third kappa shape index (κ3) is 3.62. The lowest BCUT2D eigenvalue weighted by Gasteiger charge is -2.27. The number of anilines is 1. The Hall–Kier alpha value is -2.44. The van der Waals surface area contributed by atoms with Crippen LogP contribution in [0.1, 0.15) is 39.3 Å². The van der Waals surface area contributed by atoms with Crippen LogP contribution in [-0.2, 0) is 0 Å². The summed E-state index contributed by atoms with van der Waals surface area (Å²) in [5, 5.41) is 3.73. The molecule has 2 amide bonds. The van der Waals surface area contributed by atoms with Gasteiger partial charge < -0.3 is 10.2 Å². The van der Waals surface area contributed by atoms with Crippen LogP contribution >= 0.6 is 22.9 Å². The molecule has 1 saturated heterocycles. The van der Waals surface area contributed by atoms with E-state index in [0.717, 1.165) is 43.7 Å². The van der Waals surface area contributed by atoms with Crippen molar-refractivity contribution in [3.63, 3.8) is 0 Å². The van der Waals surface area contributed by atoms with Crippen molar-refractivity contribution in [3.8, 4) is 0 Å². The zero-order chi connectivity index (χ0) is 19.7. The minimum absolute atomic E-state index is 0.0832. The SMILES string of the molecule is O=C(Nc1ccccc1C(=O)N1CCCCC1)c1sc2cc(F)ccc2c1Cl. The fraction of sp³-hybridized carbons (Fsp3) is 0.238. The average molecular weight is 417 g/mol. The summed E-state index contributed by atoms with van der Waals surface area (Å²) in [6.07, 6.45) is 3.12. The van der Waals surface area contributed by atoms with E-state index >= 15 is 0 Å². The molecule has 0 spiro atoms. The molecule has 1 aromatic heterocycles. The molecular weight excluding hydrogens is 399 g/mol. The van der Waals surface area contributed by atoms with E-state index in [0.29, 0.717) is 26.2 Å². The average Bonchev–Trinajstić information content (AvgIpc) is 3.04. The number of halogens is 2. The van der Waals surface area contributed by atoms with Crippen LogP contribution in [0.15, 0.2) is 42.5 Å². The number of benzene rings is 2. The van der Waals surface area contributed by atoms with E-state index in [1.807, 2.05) is 4.90 Å². The Morgan fingerprint density at radius 2 is 1.82 bits per heavy atom. The third-order valence-electron chi connectivity index (χ3n) is 4.85. The van der Waals surface area contributed by atoms with Crippen LogP contribution in [-0.4, -0.2) is 29.8 Å². The van der Waals surface area contributed by atoms with Crippen LogP contribution in [0.2, 0.25) is 5.02 Å². The van der Waals surface area contributed by atoms with Gasteiger partial charge in [0.2, 0.25) is 0 Å². The first-order valence-corrected chi connectivity index (χ1v) is 10.3. The Bertz CT molecular complexity index is 1060. The number of amides is 2. The molecule has 4 nitrogen and oxygen atoms in total. The Morgan fingerprint density at radius 3 is 2.61 bits per heavy atom. The number of likely N-dealkylation sites (tertiary alicyclic amines) is 1. The second kappa shape index (κ2) is 7.89. The second-order valence-corrected chi connectivity index (χ2v) is 8.17. The summed E-state index contributed by atoms with van der Waals surface area (Å²) in [4.78, 5) is 27.8. The van der Waals surface area contributed by atoms with Crippen molar-refractivity contribution in [3.05, 3.63) is 63.7 Å². The van der Waals surface area contributed by atoms with Gasteiger partial charge >= 0.3 is 0 Å². The maximum absolute atomic E-state index is 13.5. The highest BCUT2D eigenvalue weighted by molar-refractivity contribution is 7.21. The molecule has 0 bridgehead atoms. The summed E-state index contributed by atoms with van der Waals surface area (Å²) in [6.45, 7) is 1.46. The first-order valence-electron chi connectivity index (χ1n) is 9.12. The molecule has 1 fully saturated rings. The van der Waals surface area contributed by atoms with E-state index in [-0.39, 0.29) is 16.7 Å². The minimum atomic E-state index is -0.412. The molecule has 3 aromatic rings. The molecule has 144 valence electrons. The van der Waals surface area contributed by atoms with Gasteiger partial charge in [0.1, 0.15) is 10.7 Å². The molecular formula is C21H18ClFN2O2S. The molecule has 0 radical (unpaired) electrons. The molecule has 1 aliphatic rings. The Balaban J connectivity index is 1.62. The van der Waals surface area contributed by atoms with Gasteiger partial charge in [0.25, 0.3) is 11.8 Å². The summed E-state index contributed by atoms with van der Waals surface area (Å²) in [5.74, 6) is -0.875. The lowest BCUT2D eigenvalue weighted by Crippen LogP contribution is -2.36. The van der Waals surface area contributed by atoms with Crippen LogP contribution in [0.3, 0.4) is 0 Å². The zero-order valence-corrected chi connectivity index (χ0v) is 16.6. The summed E-state index contributed by atoms with van der Waals surface area (Å²) in [7, 11) is 0. The molecule has 0 unspecified atom stereocenters. The number of para-hydroxylation sites is 1. The first-order chi connectivity index (χ1) is 13.5. The molecule has 1 aliphatic heterocycles. The van der Waals surface area contributed by atoms with E-state index in [4.69, 9.17) is 11.6 Å². The van der Waals surface area contributed by atoms with Crippen LogP contribution in [0.5, 0.6) is 0 Å². The predicted octanol–water partition coefficient (Wildman–Crippen LogP) is 5.57. The number of nitrogens with zero attached hydrogens (tertiary/aromatic N) is 1. The number of carbonyl (C=O) groups excluding carboxylic acids is 2. The number of hydrogen-bond acceptors (Lipinski definition) is 3. The number of piperidine rings is 1. The number of nitrogens with one attached hydrogen (secondary N) is 1. The molecule has 0 saturated carbocycles. The maximum Gasteiger partial charge on any atom is 0.267 e. The maximum atomic E-state index is 13.5. The van der Waals surface area contributed by atoms with Crippen LogP contribution < -0.4 is 5.32 Å². The number of fused-ring (bicyclic) bond motifs is 1. The van der Waals surface area contributed by atoms with Crippen LogP contribution in [0, 0.1) is 5.82 Å². The topological polar surface area (TPSA) is 49.4 Å². The monoisotopic (exact) mass is 416 g/mol. The van der Waals surface area contributed by atoms with E-state index < -0.39 is 5.91 Å². The van der Waals surface area contributed by atoms with Gasteiger partial charge in [-0.3, -0.25) is 9.59 Å². The minimum Gasteiger partial charge on any atom is -0.339 e. The fourth-order valence-corrected chi connectivity index (χ4v) is 4.85. The fourth-order valence-electron chi connectivity index (χ4n) is 3.41. The molecule has 7 heteroatoms. The van der Waals surface area contributed by atoms with Crippen molar-refractivity contribution in [2.45, 2.75) is 19.3 Å². The number of carbonyl (C=O) groups is 2. The van der Waals surface area contributed by atoms with Crippen molar-refractivity contribution >= 4 is 50.5 Å². The van der Waals surface area contributed by atoms with Gasteiger partial charge in [-0.25, -0.2) is 4.39 Å². The summed E-state index contributed by atoms with van der Waals surface area (Å²) < 4.78 is 14.1. The standard InChI is InChI=1S/C21H18ClFN2O2S/c22-18-15-9-8-13(23)12-17(15)28-19(18)20(26)24-16-7-3-2-6-14(16)21(27)25-10-4-1-5-11-25/h2-3,6-9,12H,1,4-5,10-11H2,(H,24,26). The zero-order valence-electron chi connectivity index (χ0n) is 15.0. The second-order valence-electron chi connectivity index (χ2n) is 6.74. The molecule has 2 heterocycles. The lowest BCUT2D eigenvalue weighted by atomic mass is 10.1. The van der Waals surface area contributed by atoms with E-state index in [1.165, 1.54) is 12.1 Å². The lowest BCUT2D eigenvalue weighted by molar-refractivity contribution is 0.0725. The van der Waals surface area contributed by atoms with E-state index in [9.17, 15) is 14.0 Å². The molecule has 2 aromatic carbocycles. The highest BCUT2D eigenvalue weighted by Crippen LogP contribution is 2.36. The molecule has 1 N–H and O–H groups in total. The van der Waals surface area contributed by atoms with Gasteiger partial charge in [-0.15, -0.1) is 11.3 Å². The Morgan fingerprint density at radius 1 is 1.07 bits per heavy atom. The van der Waals surface area contributed by atoms with Gasteiger partial charge in [0.15, 0.2) is 0 Å². The smallest absolute Gasteiger partial charge is 0.267 e. The predicted molar refractivity (Wildman–Crippen MR) is 111 cm³/mol. The molecule has 4 rings (SSSR count). The number of hydrogen-bond donors (Lipinski definition) is 1. The Labute approximate surface area is 170 Å². The van der Waals surface area contributed by atoms with Gasteiger partial charge in [0.05, 0.1) is 16.3 Å². The molecule has 0 atom stereocenters. The normalized spacial score (nSPS) is 14.3. The quantitative estimate of drug-likeness (QED) is 0.606. The van der Waals surface area contributed by atoms with Gasteiger partial charge in [-0.1, -0.05) is 23.7 Å². The summed E-state index contributed by atoms with van der Waals surface area (Å²) in [6, 6.07) is 11.2.